The van der Waals surface area contributed by atoms with Crippen molar-refractivity contribution >= 4 is 5.82 Å². The van der Waals surface area contributed by atoms with Crippen molar-refractivity contribution in [3.63, 3.8) is 0 Å². The van der Waals surface area contributed by atoms with Gasteiger partial charge >= 0.3 is 0 Å². The van der Waals surface area contributed by atoms with Crippen LogP contribution in [0.4, 0.5) is 5.82 Å². The first-order valence-electron chi connectivity index (χ1n) is 7.44. The Bertz CT molecular complexity index is 602. The van der Waals surface area contributed by atoms with Crippen LogP contribution in [0.3, 0.4) is 0 Å². The molecule has 0 spiro atoms. The van der Waals surface area contributed by atoms with Crippen LogP contribution in [-0.2, 0) is 6.54 Å². The maximum absolute atomic E-state index is 5.37. The van der Waals surface area contributed by atoms with Gasteiger partial charge < -0.3 is 14.2 Å². The van der Waals surface area contributed by atoms with E-state index in [1.54, 1.807) is 7.11 Å². The fourth-order valence-corrected chi connectivity index (χ4v) is 2.89. The van der Waals surface area contributed by atoms with Crippen LogP contribution in [0, 0.1) is 5.92 Å². The summed E-state index contributed by atoms with van der Waals surface area (Å²) >= 11 is 0. The molecule has 0 N–H and O–H groups in total. The van der Waals surface area contributed by atoms with Gasteiger partial charge in [0.25, 0.3) is 0 Å². The Labute approximate surface area is 125 Å². The molecular weight excluding hydrogens is 264 g/mol. The van der Waals surface area contributed by atoms with Crippen molar-refractivity contribution < 1.29 is 4.74 Å². The third-order valence-electron chi connectivity index (χ3n) is 3.95. The molecule has 0 amide bonds. The van der Waals surface area contributed by atoms with Gasteiger partial charge in [-0.2, -0.15) is 0 Å². The molecule has 1 aliphatic rings. The van der Waals surface area contributed by atoms with Crippen LogP contribution in [0.2, 0.25) is 0 Å². The first-order chi connectivity index (χ1) is 10.2. The van der Waals surface area contributed by atoms with Crippen LogP contribution < -0.4 is 9.64 Å². The summed E-state index contributed by atoms with van der Waals surface area (Å²) in [6, 6.07) is 3.86. The molecule has 0 radical (unpaired) electrons. The van der Waals surface area contributed by atoms with Gasteiger partial charge in [0.2, 0.25) is 0 Å². The van der Waals surface area contributed by atoms with E-state index in [2.05, 4.69) is 39.5 Å². The number of ether oxygens (including phenoxy) is 1. The summed E-state index contributed by atoms with van der Waals surface area (Å²) in [4.78, 5) is 11.2. The molecule has 5 heteroatoms. The van der Waals surface area contributed by atoms with E-state index in [9.17, 15) is 0 Å². The van der Waals surface area contributed by atoms with Crippen molar-refractivity contribution in [2.24, 2.45) is 5.92 Å². The Morgan fingerprint density at radius 1 is 1.29 bits per heavy atom. The Hall–Kier alpha value is -2.04. The number of aromatic nitrogens is 3. The zero-order chi connectivity index (χ0) is 14.8. The minimum Gasteiger partial charge on any atom is -0.493 e. The summed E-state index contributed by atoms with van der Waals surface area (Å²) in [6.07, 6.45) is 5.80. The quantitative estimate of drug-likeness (QED) is 0.847. The standard InChI is InChI=1S/C16H22N4O/c1-12(2)15-18-7-8-19(15)9-13-10-20(11-13)16-14(21-3)5-4-6-17-16/h4-8,12-13H,9-11H2,1-3H3. The number of pyridine rings is 1. The Balaban J connectivity index is 1.62. The van der Waals surface area contributed by atoms with Gasteiger partial charge in [0.15, 0.2) is 11.6 Å². The van der Waals surface area contributed by atoms with Crippen molar-refractivity contribution in [1.29, 1.82) is 0 Å². The molecule has 0 aliphatic carbocycles. The summed E-state index contributed by atoms with van der Waals surface area (Å²) in [7, 11) is 1.69. The maximum atomic E-state index is 5.37. The molecule has 5 nitrogen and oxygen atoms in total. The van der Waals surface area contributed by atoms with Crippen molar-refractivity contribution in [3.8, 4) is 5.75 Å². The lowest BCUT2D eigenvalue weighted by Crippen LogP contribution is -2.49. The Morgan fingerprint density at radius 2 is 2.10 bits per heavy atom. The van der Waals surface area contributed by atoms with E-state index in [1.807, 2.05) is 24.5 Å². The number of methoxy groups -OCH3 is 1. The highest BCUT2D eigenvalue weighted by molar-refractivity contribution is 5.53. The largest absolute Gasteiger partial charge is 0.493 e. The molecule has 2 aromatic rings. The second-order valence-corrected chi connectivity index (χ2v) is 5.89. The van der Waals surface area contributed by atoms with Crippen molar-refractivity contribution in [2.75, 3.05) is 25.1 Å². The zero-order valence-electron chi connectivity index (χ0n) is 12.9. The van der Waals surface area contributed by atoms with Crippen molar-refractivity contribution in [2.45, 2.75) is 26.3 Å². The zero-order valence-corrected chi connectivity index (χ0v) is 12.9. The average Bonchev–Trinajstić information content (AvgIpc) is 2.91. The molecule has 112 valence electrons. The third-order valence-corrected chi connectivity index (χ3v) is 3.95. The molecule has 0 saturated carbocycles. The predicted octanol–water partition coefficient (Wildman–Crippen LogP) is 2.55. The molecule has 0 bridgehead atoms. The number of anilines is 1. The van der Waals surface area contributed by atoms with E-state index in [0.29, 0.717) is 11.8 Å². The number of hydrogen-bond acceptors (Lipinski definition) is 4. The molecular formula is C16H22N4O. The lowest BCUT2D eigenvalue weighted by atomic mass is 9.99. The summed E-state index contributed by atoms with van der Waals surface area (Å²) in [6.45, 7) is 7.43. The molecule has 1 fully saturated rings. The Kier molecular flexibility index (Phi) is 3.82. The normalized spacial score (nSPS) is 15.3. The molecule has 21 heavy (non-hydrogen) atoms. The van der Waals surface area contributed by atoms with Gasteiger partial charge in [-0.3, -0.25) is 0 Å². The molecule has 0 aromatic carbocycles. The van der Waals surface area contributed by atoms with Crippen LogP contribution >= 0.6 is 0 Å². The molecule has 1 aliphatic heterocycles. The van der Waals surface area contributed by atoms with Gasteiger partial charge in [-0.05, 0) is 12.1 Å². The van der Waals surface area contributed by atoms with Gasteiger partial charge in [0.1, 0.15) is 5.82 Å². The van der Waals surface area contributed by atoms with Gasteiger partial charge in [0.05, 0.1) is 7.11 Å². The topological polar surface area (TPSA) is 43.2 Å². The first-order valence-corrected chi connectivity index (χ1v) is 7.44. The molecule has 0 atom stereocenters. The lowest BCUT2D eigenvalue weighted by Gasteiger charge is -2.41. The van der Waals surface area contributed by atoms with Crippen LogP contribution in [0.1, 0.15) is 25.6 Å². The molecule has 2 aromatic heterocycles. The third kappa shape index (κ3) is 2.73. The van der Waals surface area contributed by atoms with E-state index >= 15 is 0 Å². The number of rotatable bonds is 5. The number of nitrogens with zero attached hydrogens (tertiary/aromatic N) is 4. The van der Waals surface area contributed by atoms with E-state index in [-0.39, 0.29) is 0 Å². The second-order valence-electron chi connectivity index (χ2n) is 5.89. The van der Waals surface area contributed by atoms with E-state index in [1.165, 1.54) is 5.82 Å². The minimum atomic E-state index is 0.465. The summed E-state index contributed by atoms with van der Waals surface area (Å²) in [5.74, 6) is 4.08. The monoisotopic (exact) mass is 286 g/mol. The predicted molar refractivity (Wildman–Crippen MR) is 82.8 cm³/mol. The SMILES string of the molecule is COc1cccnc1N1CC(Cn2ccnc2C(C)C)C1. The summed E-state index contributed by atoms with van der Waals surface area (Å²) in [5, 5.41) is 0. The van der Waals surface area contributed by atoms with E-state index < -0.39 is 0 Å². The number of hydrogen-bond donors (Lipinski definition) is 0. The van der Waals surface area contributed by atoms with Crippen molar-refractivity contribution in [1.82, 2.24) is 14.5 Å². The summed E-state index contributed by atoms with van der Waals surface area (Å²) in [5.41, 5.74) is 0. The Morgan fingerprint density at radius 3 is 2.81 bits per heavy atom. The smallest absolute Gasteiger partial charge is 0.171 e. The van der Waals surface area contributed by atoms with Gasteiger partial charge in [-0.15, -0.1) is 0 Å². The summed E-state index contributed by atoms with van der Waals surface area (Å²) < 4.78 is 7.65. The van der Waals surface area contributed by atoms with E-state index in [0.717, 1.165) is 31.2 Å². The molecule has 1 saturated heterocycles. The highest BCUT2D eigenvalue weighted by Crippen LogP contribution is 2.31. The van der Waals surface area contributed by atoms with Crippen LogP contribution in [0.15, 0.2) is 30.7 Å². The molecule has 0 unspecified atom stereocenters. The van der Waals surface area contributed by atoms with Crippen LogP contribution in [0.25, 0.3) is 0 Å². The van der Waals surface area contributed by atoms with Gasteiger partial charge in [0, 0.05) is 50.1 Å². The van der Waals surface area contributed by atoms with E-state index in [4.69, 9.17) is 4.74 Å². The molecule has 3 heterocycles. The maximum Gasteiger partial charge on any atom is 0.171 e. The van der Waals surface area contributed by atoms with Gasteiger partial charge in [-0.25, -0.2) is 9.97 Å². The first kappa shape index (κ1) is 13.9. The second kappa shape index (κ2) is 5.76. The van der Waals surface area contributed by atoms with Crippen LogP contribution in [-0.4, -0.2) is 34.7 Å². The van der Waals surface area contributed by atoms with Crippen molar-refractivity contribution in [3.05, 3.63) is 36.5 Å². The fourth-order valence-electron chi connectivity index (χ4n) is 2.89. The highest BCUT2D eigenvalue weighted by atomic mass is 16.5. The van der Waals surface area contributed by atoms with Gasteiger partial charge in [-0.1, -0.05) is 13.8 Å². The van der Waals surface area contributed by atoms with Crippen LogP contribution in [0.5, 0.6) is 5.75 Å². The number of imidazole rings is 1. The molecule has 3 rings (SSSR count). The minimum absolute atomic E-state index is 0.465. The highest BCUT2D eigenvalue weighted by Gasteiger charge is 2.30. The lowest BCUT2D eigenvalue weighted by molar-refractivity contribution is 0.341. The fraction of sp³-hybridized carbons (Fsp3) is 0.500. The average molecular weight is 286 g/mol.